The van der Waals surface area contributed by atoms with Crippen molar-refractivity contribution in [1.82, 2.24) is 10.2 Å². The van der Waals surface area contributed by atoms with E-state index in [1.807, 2.05) is 49.1 Å². The number of hydrogen-bond acceptors (Lipinski definition) is 4. The molecule has 0 spiro atoms. The maximum atomic E-state index is 12.5. The Morgan fingerprint density at radius 1 is 1.36 bits per heavy atom. The first-order valence-corrected chi connectivity index (χ1v) is 9.09. The number of nitrogens with zero attached hydrogens (tertiary/aromatic N) is 1. The van der Waals surface area contributed by atoms with E-state index in [0.29, 0.717) is 26.3 Å². The van der Waals surface area contributed by atoms with E-state index in [2.05, 4.69) is 5.32 Å². The number of amides is 2. The summed E-state index contributed by atoms with van der Waals surface area (Å²) < 4.78 is 17.3. The molecule has 2 atom stereocenters. The number of para-hydroxylation sites is 1. The van der Waals surface area contributed by atoms with Gasteiger partial charge in [0.25, 0.3) is 0 Å². The summed E-state index contributed by atoms with van der Waals surface area (Å²) in [5.41, 5.74) is 0. The third-order valence-electron chi connectivity index (χ3n) is 4.93. The predicted molar refractivity (Wildman–Crippen MR) is 94.5 cm³/mol. The van der Waals surface area contributed by atoms with E-state index in [9.17, 15) is 4.79 Å². The van der Waals surface area contributed by atoms with Crippen LogP contribution in [0.3, 0.4) is 0 Å². The quantitative estimate of drug-likeness (QED) is 0.889. The SMILES string of the molecule is C[C@@H](CNC(=O)N1CCC[C@@H](C2(C)OCCO2)C1)Oc1ccccc1. The zero-order valence-corrected chi connectivity index (χ0v) is 15.1. The third kappa shape index (κ3) is 4.64. The van der Waals surface area contributed by atoms with Crippen molar-refractivity contribution in [3.8, 4) is 5.75 Å². The Bertz CT molecular complexity index is 560. The van der Waals surface area contributed by atoms with Gasteiger partial charge in [0.2, 0.25) is 0 Å². The number of benzene rings is 1. The van der Waals surface area contributed by atoms with Crippen LogP contribution in [0.5, 0.6) is 5.75 Å². The number of nitrogens with one attached hydrogen (secondary N) is 1. The molecule has 2 saturated heterocycles. The Morgan fingerprint density at radius 2 is 2.08 bits per heavy atom. The van der Waals surface area contributed by atoms with E-state index in [1.165, 1.54) is 0 Å². The van der Waals surface area contributed by atoms with Gasteiger partial charge >= 0.3 is 6.03 Å². The van der Waals surface area contributed by atoms with Crippen molar-refractivity contribution >= 4 is 6.03 Å². The standard InChI is InChI=1S/C19H28N2O4/c1-15(25-17-8-4-3-5-9-17)13-20-18(22)21-10-6-7-16(14-21)19(2)23-11-12-24-19/h3-5,8-9,15-16H,6-7,10-14H2,1-2H3,(H,20,22)/t15-,16+/m0/s1. The minimum atomic E-state index is -0.553. The molecule has 6 heteroatoms. The van der Waals surface area contributed by atoms with Crippen molar-refractivity contribution in [2.45, 2.75) is 38.6 Å². The van der Waals surface area contributed by atoms with E-state index in [4.69, 9.17) is 14.2 Å². The highest BCUT2D eigenvalue weighted by atomic mass is 16.7. The lowest BCUT2D eigenvalue weighted by atomic mass is 9.90. The maximum absolute atomic E-state index is 12.5. The number of carbonyl (C=O) groups excluding carboxylic acids is 1. The summed E-state index contributed by atoms with van der Waals surface area (Å²) in [5.74, 6) is 0.473. The molecular weight excluding hydrogens is 320 g/mol. The largest absolute Gasteiger partial charge is 0.489 e. The molecule has 1 N–H and O–H groups in total. The van der Waals surface area contributed by atoms with Gasteiger partial charge in [-0.15, -0.1) is 0 Å². The Morgan fingerprint density at radius 3 is 2.80 bits per heavy atom. The van der Waals surface area contributed by atoms with Crippen molar-refractivity contribution in [2.75, 3.05) is 32.8 Å². The first-order valence-electron chi connectivity index (χ1n) is 9.09. The maximum Gasteiger partial charge on any atom is 0.317 e. The van der Waals surface area contributed by atoms with Crippen LogP contribution in [0.15, 0.2) is 30.3 Å². The number of piperidine rings is 1. The molecule has 2 amide bonds. The average molecular weight is 348 g/mol. The van der Waals surface area contributed by atoms with Crippen LogP contribution in [0.4, 0.5) is 4.79 Å². The zero-order chi connectivity index (χ0) is 17.7. The lowest BCUT2D eigenvalue weighted by Gasteiger charge is -2.39. The monoisotopic (exact) mass is 348 g/mol. The molecule has 2 aliphatic rings. The summed E-state index contributed by atoms with van der Waals surface area (Å²) >= 11 is 0. The van der Waals surface area contributed by atoms with Gasteiger partial charge in [0.1, 0.15) is 11.9 Å². The Kier molecular flexibility index (Phi) is 5.81. The van der Waals surface area contributed by atoms with Crippen molar-refractivity contribution < 1.29 is 19.0 Å². The second-order valence-electron chi connectivity index (χ2n) is 6.93. The minimum absolute atomic E-state index is 0.0465. The van der Waals surface area contributed by atoms with E-state index in [-0.39, 0.29) is 18.1 Å². The fraction of sp³-hybridized carbons (Fsp3) is 0.632. The van der Waals surface area contributed by atoms with E-state index in [1.54, 1.807) is 0 Å². The third-order valence-corrected chi connectivity index (χ3v) is 4.93. The smallest absolute Gasteiger partial charge is 0.317 e. The van der Waals surface area contributed by atoms with Crippen LogP contribution in [-0.2, 0) is 9.47 Å². The molecule has 0 aliphatic carbocycles. The number of ether oxygens (including phenoxy) is 3. The van der Waals surface area contributed by atoms with Crippen molar-refractivity contribution in [1.29, 1.82) is 0 Å². The second-order valence-corrected chi connectivity index (χ2v) is 6.93. The van der Waals surface area contributed by atoms with Crippen LogP contribution in [-0.4, -0.2) is 55.7 Å². The number of carbonyl (C=O) groups is 1. The molecule has 1 aromatic rings. The van der Waals surface area contributed by atoms with Crippen LogP contribution >= 0.6 is 0 Å². The molecule has 0 radical (unpaired) electrons. The number of likely N-dealkylation sites (tertiary alicyclic amines) is 1. The van der Waals surface area contributed by atoms with Gasteiger partial charge in [-0.25, -0.2) is 4.79 Å². The van der Waals surface area contributed by atoms with E-state index in [0.717, 1.165) is 25.1 Å². The summed E-state index contributed by atoms with van der Waals surface area (Å²) in [7, 11) is 0. The van der Waals surface area contributed by atoms with Gasteiger partial charge in [-0.3, -0.25) is 0 Å². The molecule has 0 unspecified atom stereocenters. The fourth-order valence-corrected chi connectivity index (χ4v) is 3.47. The van der Waals surface area contributed by atoms with Gasteiger partial charge in [0.05, 0.1) is 19.8 Å². The van der Waals surface area contributed by atoms with Crippen LogP contribution < -0.4 is 10.1 Å². The number of rotatable bonds is 5. The minimum Gasteiger partial charge on any atom is -0.489 e. The van der Waals surface area contributed by atoms with Gasteiger partial charge in [-0.2, -0.15) is 0 Å². The van der Waals surface area contributed by atoms with Crippen LogP contribution in [0, 0.1) is 5.92 Å². The van der Waals surface area contributed by atoms with Gasteiger partial charge in [0, 0.05) is 19.0 Å². The van der Waals surface area contributed by atoms with Gasteiger partial charge in [0.15, 0.2) is 5.79 Å². The summed E-state index contributed by atoms with van der Waals surface area (Å²) in [5, 5.41) is 2.98. The van der Waals surface area contributed by atoms with E-state index < -0.39 is 5.79 Å². The zero-order valence-electron chi connectivity index (χ0n) is 15.1. The Balaban J connectivity index is 1.46. The molecule has 138 valence electrons. The van der Waals surface area contributed by atoms with Crippen molar-refractivity contribution in [2.24, 2.45) is 5.92 Å². The van der Waals surface area contributed by atoms with Crippen molar-refractivity contribution in [3.05, 3.63) is 30.3 Å². The first-order chi connectivity index (χ1) is 12.1. The van der Waals surface area contributed by atoms with Crippen LogP contribution in [0.2, 0.25) is 0 Å². The number of hydrogen-bond donors (Lipinski definition) is 1. The Labute approximate surface area is 149 Å². The highest BCUT2D eigenvalue weighted by Crippen LogP contribution is 2.34. The molecule has 6 nitrogen and oxygen atoms in total. The molecule has 0 bridgehead atoms. The molecule has 25 heavy (non-hydrogen) atoms. The molecule has 3 rings (SSSR count). The summed E-state index contributed by atoms with van der Waals surface area (Å²) in [6.07, 6.45) is 1.90. The summed E-state index contributed by atoms with van der Waals surface area (Å²) in [6, 6.07) is 9.59. The van der Waals surface area contributed by atoms with E-state index >= 15 is 0 Å². The first kappa shape index (κ1) is 18.0. The van der Waals surface area contributed by atoms with Gasteiger partial charge in [-0.1, -0.05) is 18.2 Å². The van der Waals surface area contributed by atoms with Crippen molar-refractivity contribution in [3.63, 3.8) is 0 Å². The molecule has 2 fully saturated rings. The lowest BCUT2D eigenvalue weighted by Crippen LogP contribution is -2.52. The topological polar surface area (TPSA) is 60.0 Å². The molecule has 0 aromatic heterocycles. The van der Waals surface area contributed by atoms with Gasteiger partial charge in [-0.05, 0) is 38.8 Å². The predicted octanol–water partition coefficient (Wildman–Crippen LogP) is 2.64. The molecule has 2 aliphatic heterocycles. The number of urea groups is 1. The summed E-state index contributed by atoms with van der Waals surface area (Å²) in [6.45, 7) is 7.11. The normalized spacial score (nSPS) is 23.9. The highest BCUT2D eigenvalue weighted by Gasteiger charge is 2.42. The molecule has 2 heterocycles. The summed E-state index contributed by atoms with van der Waals surface area (Å²) in [4.78, 5) is 14.4. The second kappa shape index (κ2) is 8.06. The fourth-order valence-electron chi connectivity index (χ4n) is 3.47. The van der Waals surface area contributed by atoms with Crippen LogP contribution in [0.1, 0.15) is 26.7 Å². The van der Waals surface area contributed by atoms with Gasteiger partial charge < -0.3 is 24.4 Å². The lowest BCUT2D eigenvalue weighted by molar-refractivity contribution is -0.189. The molecular formula is C19H28N2O4. The van der Waals surface area contributed by atoms with Crippen LogP contribution in [0.25, 0.3) is 0 Å². The average Bonchev–Trinajstić information content (AvgIpc) is 3.09. The Hall–Kier alpha value is -1.79. The highest BCUT2D eigenvalue weighted by molar-refractivity contribution is 5.74. The molecule has 1 aromatic carbocycles. The molecule has 0 saturated carbocycles.